The highest BCUT2D eigenvalue weighted by Gasteiger charge is 1.90. The van der Waals surface area contributed by atoms with Crippen LogP contribution in [0.25, 0.3) is 0 Å². The maximum Gasteiger partial charge on any atom is 0.136 e. The number of hydrogen-bond acceptors (Lipinski definition) is 1. The molecule has 0 aliphatic heterocycles. The van der Waals surface area contributed by atoms with Crippen molar-refractivity contribution in [2.75, 3.05) is 0 Å². The summed E-state index contributed by atoms with van der Waals surface area (Å²) in [6.45, 7) is 3.97. The topological polar surface area (TPSA) is 17.1 Å². The van der Waals surface area contributed by atoms with Gasteiger partial charge in [-0.2, -0.15) is 0 Å². The smallest absolute Gasteiger partial charge is 0.136 e. The van der Waals surface area contributed by atoms with Crippen LogP contribution in [0.15, 0.2) is 24.3 Å². The summed E-state index contributed by atoms with van der Waals surface area (Å²) in [6, 6.07) is 0. The van der Waals surface area contributed by atoms with E-state index in [1.54, 1.807) is 0 Å². The van der Waals surface area contributed by atoms with E-state index in [9.17, 15) is 4.79 Å². The Hall–Kier alpha value is -0.850. The van der Waals surface area contributed by atoms with Gasteiger partial charge in [0.15, 0.2) is 0 Å². The van der Waals surface area contributed by atoms with Crippen molar-refractivity contribution >= 4 is 5.78 Å². The van der Waals surface area contributed by atoms with Gasteiger partial charge in [0.2, 0.25) is 0 Å². The Balaban J connectivity index is 3.44. The van der Waals surface area contributed by atoms with Gasteiger partial charge in [-0.05, 0) is 6.42 Å². The molecule has 11 heavy (non-hydrogen) atoms. The highest BCUT2D eigenvalue weighted by atomic mass is 16.1. The first kappa shape index (κ1) is 10.2. The van der Waals surface area contributed by atoms with E-state index in [4.69, 9.17) is 0 Å². The summed E-state index contributed by atoms with van der Waals surface area (Å²) in [5.41, 5.74) is 0. The van der Waals surface area contributed by atoms with E-state index in [-0.39, 0.29) is 0 Å². The van der Waals surface area contributed by atoms with Gasteiger partial charge < -0.3 is 0 Å². The molecular weight excluding hydrogens is 136 g/mol. The van der Waals surface area contributed by atoms with Crippen molar-refractivity contribution in [3.05, 3.63) is 24.3 Å². The Morgan fingerprint density at radius 2 is 1.82 bits per heavy atom. The Morgan fingerprint density at radius 3 is 2.36 bits per heavy atom. The monoisotopic (exact) mass is 152 g/mol. The third-order valence-electron chi connectivity index (χ3n) is 1.36. The Bertz CT molecular complexity index is 154. The zero-order valence-corrected chi connectivity index (χ0v) is 7.34. The van der Waals surface area contributed by atoms with Crippen LogP contribution < -0.4 is 0 Å². The highest BCUT2D eigenvalue weighted by molar-refractivity contribution is 5.79. The van der Waals surface area contributed by atoms with Crippen LogP contribution in [0.3, 0.4) is 0 Å². The van der Waals surface area contributed by atoms with Crippen molar-refractivity contribution in [3.8, 4) is 0 Å². The van der Waals surface area contributed by atoms with Crippen LogP contribution in [0.2, 0.25) is 0 Å². The fourth-order valence-electron chi connectivity index (χ4n) is 0.637. The van der Waals surface area contributed by atoms with E-state index in [2.05, 4.69) is 13.0 Å². The van der Waals surface area contributed by atoms with Crippen molar-refractivity contribution in [2.24, 2.45) is 0 Å². The SMILES string of the molecule is CCC=CC=CCC(=O)CC. The van der Waals surface area contributed by atoms with Gasteiger partial charge in [0.25, 0.3) is 0 Å². The van der Waals surface area contributed by atoms with E-state index in [1.807, 2.05) is 25.2 Å². The summed E-state index contributed by atoms with van der Waals surface area (Å²) in [5.74, 6) is 0.297. The van der Waals surface area contributed by atoms with Crippen LogP contribution in [-0.2, 0) is 4.79 Å². The van der Waals surface area contributed by atoms with E-state index < -0.39 is 0 Å². The minimum absolute atomic E-state index is 0.297. The van der Waals surface area contributed by atoms with E-state index in [0.29, 0.717) is 18.6 Å². The molecule has 0 bridgehead atoms. The largest absolute Gasteiger partial charge is 0.299 e. The molecule has 0 aliphatic carbocycles. The molecular formula is C10H16O. The molecule has 62 valence electrons. The van der Waals surface area contributed by atoms with Crippen LogP contribution in [0, 0.1) is 0 Å². The van der Waals surface area contributed by atoms with Gasteiger partial charge in [-0.1, -0.05) is 38.2 Å². The third kappa shape index (κ3) is 7.04. The van der Waals surface area contributed by atoms with Crippen molar-refractivity contribution < 1.29 is 4.79 Å². The second-order valence-corrected chi connectivity index (χ2v) is 2.36. The number of carbonyl (C=O) groups excluding carboxylic acids is 1. The lowest BCUT2D eigenvalue weighted by Crippen LogP contribution is -1.90. The fourth-order valence-corrected chi connectivity index (χ4v) is 0.637. The van der Waals surface area contributed by atoms with Crippen LogP contribution in [0.1, 0.15) is 33.1 Å². The molecule has 0 N–H and O–H groups in total. The van der Waals surface area contributed by atoms with E-state index in [0.717, 1.165) is 6.42 Å². The zero-order valence-electron chi connectivity index (χ0n) is 7.34. The number of hydrogen-bond donors (Lipinski definition) is 0. The number of rotatable bonds is 5. The standard InChI is InChI=1S/C10H16O/c1-3-5-6-7-8-9-10(11)4-2/h5-8H,3-4,9H2,1-2H3. The first-order valence-electron chi connectivity index (χ1n) is 4.14. The van der Waals surface area contributed by atoms with Crippen LogP contribution in [-0.4, -0.2) is 5.78 Å². The fraction of sp³-hybridized carbons (Fsp3) is 0.500. The van der Waals surface area contributed by atoms with Gasteiger partial charge in [-0.15, -0.1) is 0 Å². The molecule has 0 radical (unpaired) electrons. The molecule has 0 fully saturated rings. The van der Waals surface area contributed by atoms with Crippen molar-refractivity contribution in [1.82, 2.24) is 0 Å². The maximum atomic E-state index is 10.8. The van der Waals surface area contributed by atoms with Crippen molar-refractivity contribution in [1.29, 1.82) is 0 Å². The van der Waals surface area contributed by atoms with E-state index in [1.165, 1.54) is 0 Å². The summed E-state index contributed by atoms with van der Waals surface area (Å²) in [5, 5.41) is 0. The minimum atomic E-state index is 0.297. The molecule has 0 aromatic carbocycles. The lowest BCUT2D eigenvalue weighted by molar-refractivity contribution is -0.117. The van der Waals surface area contributed by atoms with Crippen LogP contribution in [0.4, 0.5) is 0 Å². The van der Waals surface area contributed by atoms with Gasteiger partial charge in [0.05, 0.1) is 0 Å². The molecule has 1 heteroatoms. The lowest BCUT2D eigenvalue weighted by Gasteiger charge is -1.86. The number of Topliss-reactive ketones (excluding diaryl/α,β-unsaturated/α-hetero) is 1. The Kier molecular flexibility index (Phi) is 6.70. The molecule has 0 saturated heterocycles. The van der Waals surface area contributed by atoms with Crippen molar-refractivity contribution in [2.45, 2.75) is 33.1 Å². The molecule has 0 amide bonds. The highest BCUT2D eigenvalue weighted by Crippen LogP contribution is 1.91. The van der Waals surface area contributed by atoms with E-state index >= 15 is 0 Å². The average Bonchev–Trinajstić information content (AvgIpc) is 2.04. The Labute approximate surface area is 68.8 Å². The summed E-state index contributed by atoms with van der Waals surface area (Å²) >= 11 is 0. The molecule has 0 aromatic rings. The first-order chi connectivity index (χ1) is 5.31. The number of carbonyl (C=O) groups is 1. The molecule has 0 saturated carbocycles. The molecule has 0 aliphatic rings. The summed E-state index contributed by atoms with van der Waals surface area (Å²) in [4.78, 5) is 10.8. The molecule has 0 aromatic heterocycles. The van der Waals surface area contributed by atoms with Crippen LogP contribution >= 0.6 is 0 Å². The summed E-state index contributed by atoms with van der Waals surface area (Å²) < 4.78 is 0. The van der Waals surface area contributed by atoms with Crippen molar-refractivity contribution in [3.63, 3.8) is 0 Å². The second kappa shape index (κ2) is 7.26. The predicted octanol–water partition coefficient (Wildman–Crippen LogP) is 2.88. The predicted molar refractivity (Wildman–Crippen MR) is 48.5 cm³/mol. The number of ketones is 1. The molecule has 0 unspecified atom stereocenters. The molecule has 1 nitrogen and oxygen atoms in total. The molecule has 0 heterocycles. The minimum Gasteiger partial charge on any atom is -0.299 e. The lowest BCUT2D eigenvalue weighted by atomic mass is 10.2. The van der Waals surface area contributed by atoms with Gasteiger partial charge >= 0.3 is 0 Å². The second-order valence-electron chi connectivity index (χ2n) is 2.36. The molecule has 0 spiro atoms. The van der Waals surface area contributed by atoms with Gasteiger partial charge in [0, 0.05) is 12.8 Å². The molecule has 0 rings (SSSR count). The quantitative estimate of drug-likeness (QED) is 0.553. The summed E-state index contributed by atoms with van der Waals surface area (Å²) in [7, 11) is 0. The molecule has 0 atom stereocenters. The third-order valence-corrected chi connectivity index (χ3v) is 1.36. The normalized spacial score (nSPS) is 11.5. The van der Waals surface area contributed by atoms with Crippen LogP contribution in [0.5, 0.6) is 0 Å². The zero-order chi connectivity index (χ0) is 8.53. The van der Waals surface area contributed by atoms with Gasteiger partial charge in [0.1, 0.15) is 5.78 Å². The van der Waals surface area contributed by atoms with Gasteiger partial charge in [-0.3, -0.25) is 4.79 Å². The van der Waals surface area contributed by atoms with Gasteiger partial charge in [-0.25, -0.2) is 0 Å². The maximum absolute atomic E-state index is 10.8. The Morgan fingerprint density at radius 1 is 1.18 bits per heavy atom. The average molecular weight is 152 g/mol. The first-order valence-corrected chi connectivity index (χ1v) is 4.14. The number of allylic oxidation sites excluding steroid dienone is 4. The summed E-state index contributed by atoms with van der Waals surface area (Å²) in [6.07, 6.45) is 10.1.